The maximum Gasteiger partial charge on any atom is 0.0910 e. The molecule has 1 unspecified atom stereocenters. The molecule has 0 N–H and O–H groups in total. The van der Waals surface area contributed by atoms with Gasteiger partial charge in [-0.3, -0.25) is 0 Å². The highest BCUT2D eigenvalue weighted by Crippen LogP contribution is 2.22. The molecule has 0 aromatic heterocycles. The molecule has 18 heavy (non-hydrogen) atoms. The molecule has 0 saturated carbocycles. The van der Waals surface area contributed by atoms with Crippen molar-refractivity contribution in [2.45, 2.75) is 6.04 Å². The lowest BCUT2D eigenvalue weighted by molar-refractivity contribution is 1.36. The average Bonchev–Trinajstić information content (AvgIpc) is 2.39. The number of rotatable bonds is 4. The molecule has 0 saturated heterocycles. The molecule has 2 rings (SSSR count). The Morgan fingerprint density at radius 1 is 0.944 bits per heavy atom. The summed E-state index contributed by atoms with van der Waals surface area (Å²) >= 11 is 18.2. The van der Waals surface area contributed by atoms with Crippen LogP contribution in [0.15, 0.2) is 48.5 Å². The van der Waals surface area contributed by atoms with Gasteiger partial charge in [0.2, 0.25) is 0 Å². The molecule has 2 aromatic rings. The van der Waals surface area contributed by atoms with Crippen molar-refractivity contribution < 1.29 is 0 Å². The van der Waals surface area contributed by atoms with Crippen molar-refractivity contribution in [1.82, 2.24) is 0 Å². The lowest BCUT2D eigenvalue weighted by Gasteiger charge is -2.14. The van der Waals surface area contributed by atoms with Crippen LogP contribution in [0.2, 0.25) is 10.0 Å². The first-order valence-electron chi connectivity index (χ1n) is 5.75. The molecule has 0 fully saturated rings. The molecule has 0 amide bonds. The van der Waals surface area contributed by atoms with Gasteiger partial charge in [0.15, 0.2) is 0 Å². The fourth-order valence-electron chi connectivity index (χ4n) is 1.94. The summed E-state index contributed by atoms with van der Waals surface area (Å²) in [4.78, 5) is 0. The SMILES string of the molecule is ClC[SiH](Cc1ccc(Cl)cc1Cl)c1ccccc1. The lowest BCUT2D eigenvalue weighted by atomic mass is 10.2. The van der Waals surface area contributed by atoms with Gasteiger partial charge in [-0.25, -0.2) is 0 Å². The largest absolute Gasteiger partial charge is 0.130 e. The van der Waals surface area contributed by atoms with E-state index in [0.717, 1.165) is 16.6 Å². The topological polar surface area (TPSA) is 0 Å². The van der Waals surface area contributed by atoms with E-state index in [-0.39, 0.29) is 0 Å². The van der Waals surface area contributed by atoms with E-state index in [2.05, 4.69) is 24.3 Å². The van der Waals surface area contributed by atoms with E-state index >= 15 is 0 Å². The smallest absolute Gasteiger partial charge is 0.0910 e. The van der Waals surface area contributed by atoms with Gasteiger partial charge in [0.05, 0.1) is 8.80 Å². The van der Waals surface area contributed by atoms with Gasteiger partial charge >= 0.3 is 0 Å². The molecule has 0 aliphatic rings. The fraction of sp³-hybridized carbons (Fsp3) is 0.143. The predicted molar refractivity (Wildman–Crippen MR) is 84.1 cm³/mol. The van der Waals surface area contributed by atoms with E-state index < -0.39 is 8.80 Å². The number of benzene rings is 2. The van der Waals surface area contributed by atoms with Gasteiger partial charge in [-0.2, -0.15) is 0 Å². The number of alkyl halides is 1. The van der Waals surface area contributed by atoms with E-state index in [1.165, 1.54) is 5.19 Å². The van der Waals surface area contributed by atoms with Gasteiger partial charge < -0.3 is 0 Å². The summed E-state index contributed by atoms with van der Waals surface area (Å²) in [6.45, 7) is 0. The maximum absolute atomic E-state index is 6.21. The molecule has 0 spiro atoms. The predicted octanol–water partition coefficient (Wildman–Crippen LogP) is 3.99. The van der Waals surface area contributed by atoms with Gasteiger partial charge in [-0.15, -0.1) is 11.6 Å². The normalized spacial score (nSPS) is 12.4. The van der Waals surface area contributed by atoms with Crippen LogP contribution in [0, 0.1) is 0 Å². The molecular weight excluding hydrogens is 303 g/mol. The zero-order valence-corrected chi connectivity index (χ0v) is 13.2. The Morgan fingerprint density at radius 3 is 2.28 bits per heavy atom. The second-order valence-corrected chi connectivity index (χ2v) is 8.75. The van der Waals surface area contributed by atoms with Crippen molar-refractivity contribution >= 4 is 48.8 Å². The third-order valence-corrected chi connectivity index (χ3v) is 7.28. The average molecular weight is 316 g/mol. The van der Waals surface area contributed by atoms with Gasteiger partial charge in [0.25, 0.3) is 0 Å². The van der Waals surface area contributed by atoms with E-state index in [9.17, 15) is 0 Å². The Kier molecular flexibility index (Phi) is 5.13. The Balaban J connectivity index is 2.21. The summed E-state index contributed by atoms with van der Waals surface area (Å²) < 4.78 is 0. The molecule has 4 heteroatoms. The molecule has 0 bridgehead atoms. The molecule has 0 heterocycles. The summed E-state index contributed by atoms with van der Waals surface area (Å²) in [5.41, 5.74) is 1.85. The zero-order chi connectivity index (χ0) is 13.0. The van der Waals surface area contributed by atoms with Crippen molar-refractivity contribution in [3.8, 4) is 0 Å². The molecular formula is C14H13Cl3Si. The lowest BCUT2D eigenvalue weighted by Crippen LogP contribution is -2.35. The Hall–Kier alpha value is -0.473. The van der Waals surface area contributed by atoms with Crippen molar-refractivity contribution in [3.05, 3.63) is 64.1 Å². The standard InChI is InChI=1S/C14H13Cl3Si/c15-10-18(13-4-2-1-3-5-13)9-11-6-7-12(16)8-14(11)17/h1-8,18H,9-10H2. The molecule has 0 radical (unpaired) electrons. The molecule has 94 valence electrons. The molecule has 0 aliphatic heterocycles. The second kappa shape index (κ2) is 6.62. The minimum absolute atomic E-state index is 0.674. The Labute approximate surface area is 124 Å². The van der Waals surface area contributed by atoms with Crippen LogP contribution in [-0.2, 0) is 6.04 Å². The summed E-state index contributed by atoms with van der Waals surface area (Å²) in [6, 6.07) is 17.1. The van der Waals surface area contributed by atoms with Crippen LogP contribution in [0.3, 0.4) is 0 Å². The highest BCUT2D eigenvalue weighted by Gasteiger charge is 2.14. The summed E-state index contributed by atoms with van der Waals surface area (Å²) in [5, 5.41) is 2.78. The quantitative estimate of drug-likeness (QED) is 0.591. The summed E-state index contributed by atoms with van der Waals surface area (Å²) in [5.74, 6) is 0. The van der Waals surface area contributed by atoms with Gasteiger partial charge in [0.1, 0.15) is 0 Å². The van der Waals surface area contributed by atoms with Crippen molar-refractivity contribution in [2.75, 3.05) is 5.50 Å². The van der Waals surface area contributed by atoms with Crippen molar-refractivity contribution in [1.29, 1.82) is 0 Å². The van der Waals surface area contributed by atoms with E-state index in [0.29, 0.717) is 10.5 Å². The van der Waals surface area contributed by atoms with Crippen molar-refractivity contribution in [2.24, 2.45) is 0 Å². The first-order valence-corrected chi connectivity index (χ1v) is 9.25. The Bertz CT molecular complexity index is 514. The van der Waals surface area contributed by atoms with Crippen LogP contribution in [0.1, 0.15) is 5.56 Å². The molecule has 1 atom stereocenters. The monoisotopic (exact) mass is 314 g/mol. The van der Waals surface area contributed by atoms with Crippen LogP contribution >= 0.6 is 34.8 Å². The number of hydrogen-bond acceptors (Lipinski definition) is 0. The first-order chi connectivity index (χ1) is 8.70. The van der Waals surface area contributed by atoms with E-state index in [1.807, 2.05) is 18.2 Å². The fourth-order valence-corrected chi connectivity index (χ4v) is 5.59. The minimum atomic E-state index is -1.20. The highest BCUT2D eigenvalue weighted by atomic mass is 35.5. The third-order valence-electron chi connectivity index (χ3n) is 2.94. The summed E-state index contributed by atoms with van der Waals surface area (Å²) in [7, 11) is -1.20. The first kappa shape index (κ1) is 13.9. The van der Waals surface area contributed by atoms with Crippen LogP contribution in [0.4, 0.5) is 0 Å². The summed E-state index contributed by atoms with van der Waals surface area (Å²) in [6.07, 6.45) is 0. The third kappa shape index (κ3) is 3.52. The Morgan fingerprint density at radius 2 is 1.67 bits per heavy atom. The minimum Gasteiger partial charge on any atom is -0.130 e. The van der Waals surface area contributed by atoms with Crippen LogP contribution < -0.4 is 5.19 Å². The molecule has 2 aromatic carbocycles. The second-order valence-electron chi connectivity index (χ2n) is 4.20. The molecule has 0 aliphatic carbocycles. The molecule has 0 nitrogen and oxygen atoms in total. The number of hydrogen-bond donors (Lipinski definition) is 0. The maximum atomic E-state index is 6.21. The van der Waals surface area contributed by atoms with E-state index in [4.69, 9.17) is 34.8 Å². The van der Waals surface area contributed by atoms with Gasteiger partial charge in [-0.1, -0.05) is 64.8 Å². The van der Waals surface area contributed by atoms with E-state index in [1.54, 1.807) is 6.07 Å². The van der Waals surface area contributed by atoms with Crippen LogP contribution in [0.5, 0.6) is 0 Å². The zero-order valence-electron chi connectivity index (χ0n) is 9.74. The van der Waals surface area contributed by atoms with Crippen LogP contribution in [-0.4, -0.2) is 14.3 Å². The van der Waals surface area contributed by atoms with Gasteiger partial charge in [-0.05, 0) is 23.7 Å². The van der Waals surface area contributed by atoms with Crippen LogP contribution in [0.25, 0.3) is 0 Å². The highest BCUT2D eigenvalue weighted by molar-refractivity contribution is 6.78. The van der Waals surface area contributed by atoms with Crippen molar-refractivity contribution in [3.63, 3.8) is 0 Å². The number of halogens is 3. The van der Waals surface area contributed by atoms with Gasteiger partial charge in [0, 0.05) is 15.5 Å².